The van der Waals surface area contributed by atoms with Crippen molar-refractivity contribution in [3.8, 4) is 0 Å². The topological polar surface area (TPSA) is 102 Å². The second-order valence-corrected chi connectivity index (χ2v) is 6.09. The molecule has 8 heteroatoms. The zero-order valence-corrected chi connectivity index (χ0v) is 11.9. The van der Waals surface area contributed by atoms with Gasteiger partial charge in [0.2, 0.25) is 10.0 Å². The van der Waals surface area contributed by atoms with Crippen molar-refractivity contribution in [3.63, 3.8) is 0 Å². The minimum Gasteiger partial charge on any atom is -0.264 e. The number of nitrogens with one attached hydrogen (secondary N) is 1. The van der Waals surface area contributed by atoms with Gasteiger partial charge in [0.25, 0.3) is 5.69 Å². The Balaban J connectivity index is 2.20. The number of nitro benzene ring substituents is 1. The summed E-state index contributed by atoms with van der Waals surface area (Å²) < 4.78 is 26.9. The first kappa shape index (κ1) is 15.1. The van der Waals surface area contributed by atoms with E-state index in [1.807, 2.05) is 0 Å². The van der Waals surface area contributed by atoms with Crippen LogP contribution in [0.4, 0.5) is 5.69 Å². The fourth-order valence-electron chi connectivity index (χ4n) is 1.75. The lowest BCUT2D eigenvalue weighted by atomic mass is 10.2. The van der Waals surface area contributed by atoms with E-state index in [9.17, 15) is 18.5 Å². The van der Waals surface area contributed by atoms with Gasteiger partial charge in [-0.1, -0.05) is 6.07 Å². The lowest BCUT2D eigenvalue weighted by Gasteiger charge is -2.14. The maximum absolute atomic E-state index is 12.2. The molecule has 0 saturated heterocycles. The Hall–Kier alpha value is -2.32. The van der Waals surface area contributed by atoms with Crippen molar-refractivity contribution in [3.05, 3.63) is 64.5 Å². The molecule has 0 spiro atoms. The van der Waals surface area contributed by atoms with Crippen LogP contribution in [0.3, 0.4) is 0 Å². The number of benzene rings is 1. The van der Waals surface area contributed by atoms with E-state index < -0.39 is 21.0 Å². The molecule has 0 saturated carbocycles. The molecule has 1 aromatic carbocycles. The molecule has 0 aliphatic rings. The van der Waals surface area contributed by atoms with Gasteiger partial charge in [0, 0.05) is 30.6 Å². The Morgan fingerprint density at radius 2 is 1.90 bits per heavy atom. The van der Waals surface area contributed by atoms with Crippen molar-refractivity contribution in [2.45, 2.75) is 17.9 Å². The quantitative estimate of drug-likeness (QED) is 0.672. The van der Waals surface area contributed by atoms with Gasteiger partial charge < -0.3 is 0 Å². The third-order valence-corrected chi connectivity index (χ3v) is 4.43. The highest BCUT2D eigenvalue weighted by Gasteiger charge is 2.19. The number of pyridine rings is 1. The highest BCUT2D eigenvalue weighted by atomic mass is 32.2. The summed E-state index contributed by atoms with van der Waals surface area (Å²) in [5.74, 6) is 0. The number of hydrogen-bond donors (Lipinski definition) is 1. The summed E-state index contributed by atoms with van der Waals surface area (Å²) >= 11 is 0. The molecule has 1 heterocycles. The van der Waals surface area contributed by atoms with E-state index in [1.165, 1.54) is 12.1 Å². The summed E-state index contributed by atoms with van der Waals surface area (Å²) in [4.78, 5) is 13.9. The molecular formula is C13H13N3O4S. The maximum Gasteiger partial charge on any atom is 0.269 e. The van der Waals surface area contributed by atoms with E-state index in [0.717, 1.165) is 17.7 Å². The second kappa shape index (κ2) is 5.98. The van der Waals surface area contributed by atoms with Crippen molar-refractivity contribution in [2.75, 3.05) is 0 Å². The number of non-ortho nitro benzene ring substituents is 1. The van der Waals surface area contributed by atoms with Crippen LogP contribution in [-0.2, 0) is 10.0 Å². The Labute approximate surface area is 121 Å². The van der Waals surface area contributed by atoms with Gasteiger partial charge in [0.1, 0.15) is 0 Å². The van der Waals surface area contributed by atoms with Gasteiger partial charge >= 0.3 is 0 Å². The van der Waals surface area contributed by atoms with Crippen LogP contribution >= 0.6 is 0 Å². The molecule has 1 unspecified atom stereocenters. The van der Waals surface area contributed by atoms with E-state index in [1.54, 1.807) is 31.5 Å². The average molecular weight is 307 g/mol. The molecule has 1 N–H and O–H groups in total. The minimum atomic E-state index is -3.75. The summed E-state index contributed by atoms with van der Waals surface area (Å²) in [6.45, 7) is 1.69. The number of sulfonamides is 1. The molecule has 7 nitrogen and oxygen atoms in total. The van der Waals surface area contributed by atoms with E-state index >= 15 is 0 Å². The van der Waals surface area contributed by atoms with Crippen LogP contribution in [0.5, 0.6) is 0 Å². The third kappa shape index (κ3) is 3.61. The van der Waals surface area contributed by atoms with Gasteiger partial charge in [-0.2, -0.15) is 0 Å². The molecule has 2 aromatic rings. The van der Waals surface area contributed by atoms with Gasteiger partial charge in [-0.3, -0.25) is 15.1 Å². The SMILES string of the molecule is CC(NS(=O)(=O)c1ccc([N+](=O)[O-])cc1)c1cccnc1. The van der Waals surface area contributed by atoms with Crippen LogP contribution in [0.1, 0.15) is 18.5 Å². The van der Waals surface area contributed by atoms with Gasteiger partial charge in [-0.15, -0.1) is 0 Å². The predicted molar refractivity (Wildman–Crippen MR) is 76.1 cm³/mol. The summed E-state index contributed by atoms with van der Waals surface area (Å²) in [5, 5.41) is 10.6. The van der Waals surface area contributed by atoms with Crippen molar-refractivity contribution in [2.24, 2.45) is 0 Å². The van der Waals surface area contributed by atoms with Crippen LogP contribution in [0.15, 0.2) is 53.7 Å². The summed E-state index contributed by atoms with van der Waals surface area (Å²) in [6, 6.07) is 7.74. The fraction of sp³-hybridized carbons (Fsp3) is 0.154. The first-order valence-electron chi connectivity index (χ1n) is 6.07. The standard InChI is InChI=1S/C13H13N3O4S/c1-10(11-3-2-8-14-9-11)15-21(19,20)13-6-4-12(5-7-13)16(17)18/h2-10,15H,1H3. The summed E-state index contributed by atoms with van der Waals surface area (Å²) in [7, 11) is -3.75. The second-order valence-electron chi connectivity index (χ2n) is 4.38. The molecular weight excluding hydrogens is 294 g/mol. The third-order valence-electron chi connectivity index (χ3n) is 2.87. The molecule has 0 radical (unpaired) electrons. The molecule has 110 valence electrons. The average Bonchev–Trinajstić information content (AvgIpc) is 2.48. The van der Waals surface area contributed by atoms with E-state index in [-0.39, 0.29) is 10.6 Å². The first-order valence-corrected chi connectivity index (χ1v) is 7.55. The highest BCUT2D eigenvalue weighted by molar-refractivity contribution is 7.89. The molecule has 0 aliphatic heterocycles. The molecule has 0 bridgehead atoms. The molecule has 0 aliphatic carbocycles. The van der Waals surface area contributed by atoms with E-state index in [0.29, 0.717) is 0 Å². The van der Waals surface area contributed by atoms with Gasteiger partial charge in [-0.25, -0.2) is 13.1 Å². The number of aromatic nitrogens is 1. The molecule has 2 rings (SSSR count). The summed E-state index contributed by atoms with van der Waals surface area (Å²) in [5.41, 5.74) is 0.567. The number of nitrogens with zero attached hydrogens (tertiary/aromatic N) is 2. The first-order chi connectivity index (χ1) is 9.90. The molecule has 0 amide bonds. The van der Waals surface area contributed by atoms with Gasteiger partial charge in [0.05, 0.1) is 9.82 Å². The Morgan fingerprint density at radius 1 is 1.24 bits per heavy atom. The Bertz CT molecular complexity index is 730. The number of hydrogen-bond acceptors (Lipinski definition) is 5. The lowest BCUT2D eigenvalue weighted by molar-refractivity contribution is -0.384. The Morgan fingerprint density at radius 3 is 2.43 bits per heavy atom. The van der Waals surface area contributed by atoms with E-state index in [2.05, 4.69) is 9.71 Å². The van der Waals surface area contributed by atoms with Gasteiger partial charge in [0.15, 0.2) is 0 Å². The highest BCUT2D eigenvalue weighted by Crippen LogP contribution is 2.18. The van der Waals surface area contributed by atoms with Crippen molar-refractivity contribution < 1.29 is 13.3 Å². The molecule has 1 aromatic heterocycles. The summed E-state index contributed by atoms with van der Waals surface area (Å²) in [6.07, 6.45) is 3.17. The van der Waals surface area contributed by atoms with Crippen LogP contribution < -0.4 is 4.72 Å². The normalized spacial score (nSPS) is 12.8. The van der Waals surface area contributed by atoms with Crippen molar-refractivity contribution in [1.29, 1.82) is 0 Å². The van der Waals surface area contributed by atoms with Crippen LogP contribution in [0.2, 0.25) is 0 Å². The lowest BCUT2D eigenvalue weighted by Crippen LogP contribution is -2.26. The van der Waals surface area contributed by atoms with Crippen LogP contribution in [0.25, 0.3) is 0 Å². The molecule has 0 fully saturated rings. The predicted octanol–water partition coefficient (Wildman–Crippen LogP) is 2.03. The fourth-order valence-corrected chi connectivity index (χ4v) is 2.98. The molecule has 21 heavy (non-hydrogen) atoms. The van der Waals surface area contributed by atoms with Crippen LogP contribution in [-0.4, -0.2) is 18.3 Å². The van der Waals surface area contributed by atoms with E-state index in [4.69, 9.17) is 0 Å². The maximum atomic E-state index is 12.2. The Kier molecular flexibility index (Phi) is 4.29. The van der Waals surface area contributed by atoms with Gasteiger partial charge in [-0.05, 0) is 30.7 Å². The van der Waals surface area contributed by atoms with Crippen molar-refractivity contribution in [1.82, 2.24) is 9.71 Å². The molecule has 1 atom stereocenters. The monoisotopic (exact) mass is 307 g/mol. The number of rotatable bonds is 5. The zero-order chi connectivity index (χ0) is 15.5. The zero-order valence-electron chi connectivity index (χ0n) is 11.1. The van der Waals surface area contributed by atoms with Crippen LogP contribution in [0, 0.1) is 10.1 Å². The number of nitro groups is 1. The largest absolute Gasteiger partial charge is 0.269 e. The minimum absolute atomic E-state index is 0.0242. The van der Waals surface area contributed by atoms with Crippen molar-refractivity contribution >= 4 is 15.7 Å². The smallest absolute Gasteiger partial charge is 0.264 e.